The van der Waals surface area contributed by atoms with Gasteiger partial charge in [-0.25, -0.2) is 4.79 Å². The standard InChI is InChI=1S/C10H10BrNO3/c1-14-10(13)6-2-3-12-5-9(6)15-8-4-7(8)11/h2-3,5,7-8H,4H2,1H3. The number of esters is 1. The molecule has 1 fully saturated rings. The molecule has 5 heteroatoms. The van der Waals surface area contributed by atoms with Crippen LogP contribution in [-0.2, 0) is 4.74 Å². The van der Waals surface area contributed by atoms with Crippen molar-refractivity contribution in [2.24, 2.45) is 0 Å². The predicted octanol–water partition coefficient (Wildman–Crippen LogP) is 1.78. The molecule has 2 unspecified atom stereocenters. The summed E-state index contributed by atoms with van der Waals surface area (Å²) in [5.41, 5.74) is 0.416. The zero-order valence-electron chi connectivity index (χ0n) is 8.14. The molecule has 0 saturated heterocycles. The predicted molar refractivity (Wildman–Crippen MR) is 57.3 cm³/mol. The van der Waals surface area contributed by atoms with Crippen molar-refractivity contribution >= 4 is 21.9 Å². The van der Waals surface area contributed by atoms with Gasteiger partial charge in [-0.3, -0.25) is 4.98 Å². The largest absolute Gasteiger partial charge is 0.487 e. The van der Waals surface area contributed by atoms with E-state index in [-0.39, 0.29) is 6.10 Å². The first-order valence-electron chi connectivity index (χ1n) is 4.55. The van der Waals surface area contributed by atoms with E-state index in [0.717, 1.165) is 6.42 Å². The molecule has 0 aliphatic heterocycles. The highest BCUT2D eigenvalue weighted by atomic mass is 79.9. The third-order valence-corrected chi connectivity index (χ3v) is 3.09. The summed E-state index contributed by atoms with van der Waals surface area (Å²) in [6.07, 6.45) is 4.16. The van der Waals surface area contributed by atoms with Crippen molar-refractivity contribution in [2.75, 3.05) is 7.11 Å². The summed E-state index contributed by atoms with van der Waals surface area (Å²) < 4.78 is 10.2. The molecule has 0 aromatic carbocycles. The van der Waals surface area contributed by atoms with Crippen LogP contribution < -0.4 is 4.74 Å². The van der Waals surface area contributed by atoms with Crippen molar-refractivity contribution in [1.82, 2.24) is 4.98 Å². The molecule has 0 N–H and O–H groups in total. The molecule has 1 aromatic heterocycles. The van der Waals surface area contributed by atoms with Crippen LogP contribution in [0.25, 0.3) is 0 Å². The lowest BCUT2D eigenvalue weighted by Crippen LogP contribution is -2.08. The quantitative estimate of drug-likeness (QED) is 0.621. The number of halogens is 1. The lowest BCUT2D eigenvalue weighted by atomic mass is 10.2. The molecular weight excluding hydrogens is 262 g/mol. The second-order valence-corrected chi connectivity index (χ2v) is 4.45. The number of carbonyl (C=O) groups excluding carboxylic acids is 1. The van der Waals surface area contributed by atoms with Crippen LogP contribution in [-0.4, -0.2) is 29.0 Å². The molecule has 1 heterocycles. The fraction of sp³-hybridized carbons (Fsp3) is 0.400. The molecule has 15 heavy (non-hydrogen) atoms. The summed E-state index contributed by atoms with van der Waals surface area (Å²) in [7, 11) is 1.34. The Kier molecular flexibility index (Phi) is 2.90. The Morgan fingerprint density at radius 2 is 2.40 bits per heavy atom. The number of rotatable bonds is 3. The van der Waals surface area contributed by atoms with Crippen LogP contribution >= 0.6 is 15.9 Å². The van der Waals surface area contributed by atoms with Crippen LogP contribution in [0.4, 0.5) is 0 Å². The summed E-state index contributed by atoms with van der Waals surface area (Å²) in [6.45, 7) is 0. The number of carbonyl (C=O) groups is 1. The van der Waals surface area contributed by atoms with Crippen LogP contribution in [0.1, 0.15) is 16.8 Å². The van der Waals surface area contributed by atoms with E-state index in [2.05, 4.69) is 25.7 Å². The van der Waals surface area contributed by atoms with Gasteiger partial charge in [0, 0.05) is 12.6 Å². The molecule has 4 nitrogen and oxygen atoms in total. The smallest absolute Gasteiger partial charge is 0.341 e. The maximum atomic E-state index is 11.4. The Balaban J connectivity index is 2.18. The van der Waals surface area contributed by atoms with Gasteiger partial charge in [0.2, 0.25) is 0 Å². The highest BCUT2D eigenvalue weighted by Gasteiger charge is 2.37. The fourth-order valence-electron chi connectivity index (χ4n) is 1.18. The molecule has 0 bridgehead atoms. The average molecular weight is 272 g/mol. The number of methoxy groups -OCH3 is 1. The number of hydrogen-bond acceptors (Lipinski definition) is 4. The van der Waals surface area contributed by atoms with Gasteiger partial charge in [-0.15, -0.1) is 0 Å². The molecule has 0 amide bonds. The van der Waals surface area contributed by atoms with Crippen LogP contribution in [0.2, 0.25) is 0 Å². The van der Waals surface area contributed by atoms with Crippen LogP contribution in [0.3, 0.4) is 0 Å². The van der Waals surface area contributed by atoms with Crippen LogP contribution in [0.15, 0.2) is 18.5 Å². The molecule has 1 aliphatic carbocycles. The second-order valence-electron chi connectivity index (χ2n) is 3.27. The Labute approximate surface area is 95.7 Å². The minimum Gasteiger partial charge on any atom is -0.487 e. The molecule has 80 valence electrons. The zero-order chi connectivity index (χ0) is 10.8. The van der Waals surface area contributed by atoms with E-state index in [0.29, 0.717) is 16.1 Å². The maximum Gasteiger partial charge on any atom is 0.341 e. The first-order valence-corrected chi connectivity index (χ1v) is 5.47. The Morgan fingerprint density at radius 3 is 3.00 bits per heavy atom. The van der Waals surface area contributed by atoms with Crippen LogP contribution in [0, 0.1) is 0 Å². The average Bonchev–Trinajstić information content (AvgIpc) is 2.94. The van der Waals surface area contributed by atoms with E-state index < -0.39 is 5.97 Å². The Hall–Kier alpha value is -1.10. The van der Waals surface area contributed by atoms with Gasteiger partial charge >= 0.3 is 5.97 Å². The molecule has 1 aromatic rings. The van der Waals surface area contributed by atoms with Crippen LogP contribution in [0.5, 0.6) is 5.75 Å². The SMILES string of the molecule is COC(=O)c1ccncc1OC1CC1Br. The summed E-state index contributed by atoms with van der Waals surface area (Å²) in [6, 6.07) is 1.59. The minimum atomic E-state index is -0.404. The van der Waals surface area contributed by atoms with E-state index in [1.807, 2.05) is 0 Å². The van der Waals surface area contributed by atoms with Gasteiger partial charge in [0.05, 0.1) is 18.1 Å². The van der Waals surface area contributed by atoms with Crippen molar-refractivity contribution in [3.8, 4) is 5.75 Å². The van der Waals surface area contributed by atoms with Gasteiger partial charge in [0.25, 0.3) is 0 Å². The number of hydrogen-bond donors (Lipinski definition) is 0. The van der Waals surface area contributed by atoms with Crippen molar-refractivity contribution in [1.29, 1.82) is 0 Å². The second kappa shape index (κ2) is 4.18. The van der Waals surface area contributed by atoms with E-state index >= 15 is 0 Å². The van der Waals surface area contributed by atoms with E-state index in [4.69, 9.17) is 4.74 Å². The molecule has 0 spiro atoms. The summed E-state index contributed by atoms with van der Waals surface area (Å²) >= 11 is 3.42. The van der Waals surface area contributed by atoms with Crippen molar-refractivity contribution in [2.45, 2.75) is 17.4 Å². The molecule has 2 atom stereocenters. The van der Waals surface area contributed by atoms with E-state index in [9.17, 15) is 4.79 Å². The Bertz CT molecular complexity index is 383. The highest BCUT2D eigenvalue weighted by Crippen LogP contribution is 2.35. The van der Waals surface area contributed by atoms with Gasteiger partial charge in [0.1, 0.15) is 11.7 Å². The number of alkyl halides is 1. The third-order valence-electron chi connectivity index (χ3n) is 2.13. The van der Waals surface area contributed by atoms with Gasteiger partial charge in [-0.05, 0) is 6.07 Å². The van der Waals surface area contributed by atoms with Gasteiger partial charge < -0.3 is 9.47 Å². The number of aromatic nitrogens is 1. The van der Waals surface area contributed by atoms with Gasteiger partial charge in [-0.1, -0.05) is 15.9 Å². The van der Waals surface area contributed by atoms with E-state index in [1.165, 1.54) is 19.5 Å². The summed E-state index contributed by atoms with van der Waals surface area (Å²) in [4.78, 5) is 15.7. The lowest BCUT2D eigenvalue weighted by Gasteiger charge is -2.08. The molecule has 1 saturated carbocycles. The molecule has 1 aliphatic rings. The topological polar surface area (TPSA) is 48.4 Å². The molecular formula is C10H10BrNO3. The molecule has 2 rings (SSSR count). The van der Waals surface area contributed by atoms with Gasteiger partial charge in [-0.2, -0.15) is 0 Å². The first-order chi connectivity index (χ1) is 7.22. The van der Waals surface area contributed by atoms with Crippen molar-refractivity contribution in [3.63, 3.8) is 0 Å². The van der Waals surface area contributed by atoms with E-state index in [1.54, 1.807) is 6.07 Å². The third kappa shape index (κ3) is 2.28. The van der Waals surface area contributed by atoms with Crippen molar-refractivity contribution < 1.29 is 14.3 Å². The minimum absolute atomic E-state index is 0.137. The summed E-state index contributed by atoms with van der Waals surface area (Å²) in [5.74, 6) is 0.0791. The fourth-order valence-corrected chi connectivity index (χ4v) is 1.66. The number of ether oxygens (including phenoxy) is 2. The lowest BCUT2D eigenvalue weighted by molar-refractivity contribution is 0.0595. The zero-order valence-corrected chi connectivity index (χ0v) is 9.73. The monoisotopic (exact) mass is 271 g/mol. The number of pyridine rings is 1. The normalized spacial score (nSPS) is 23.3. The highest BCUT2D eigenvalue weighted by molar-refractivity contribution is 9.09. The van der Waals surface area contributed by atoms with Crippen molar-refractivity contribution in [3.05, 3.63) is 24.0 Å². The maximum absolute atomic E-state index is 11.4. The van der Waals surface area contributed by atoms with Gasteiger partial charge in [0.15, 0.2) is 5.75 Å². The number of nitrogens with zero attached hydrogens (tertiary/aromatic N) is 1. The summed E-state index contributed by atoms with van der Waals surface area (Å²) in [5, 5.41) is 0. The molecule has 0 radical (unpaired) electrons. The Morgan fingerprint density at radius 1 is 1.67 bits per heavy atom. The first kappa shape index (κ1) is 10.4.